The molecule has 3 nitrogen and oxygen atoms in total. The summed E-state index contributed by atoms with van der Waals surface area (Å²) < 4.78 is 0. The first-order chi connectivity index (χ1) is 13.3. The van der Waals surface area contributed by atoms with E-state index in [0.29, 0.717) is 5.54 Å². The van der Waals surface area contributed by atoms with Crippen LogP contribution in [0.15, 0.2) is 0 Å². The van der Waals surface area contributed by atoms with Crippen LogP contribution in [0.3, 0.4) is 0 Å². The van der Waals surface area contributed by atoms with Gasteiger partial charge < -0.3 is 4.90 Å². The number of nitrogens with zero attached hydrogens (tertiary/aromatic N) is 3. The molecule has 0 aromatic carbocycles. The van der Waals surface area contributed by atoms with E-state index >= 15 is 0 Å². The van der Waals surface area contributed by atoms with Gasteiger partial charge in [0, 0.05) is 55.4 Å². The lowest BCUT2D eigenvalue weighted by Crippen LogP contribution is -2.54. The molecule has 0 radical (unpaired) electrons. The molecule has 2 saturated carbocycles. The van der Waals surface area contributed by atoms with Crippen molar-refractivity contribution in [1.29, 1.82) is 0 Å². The predicted octanol–water partition coefficient (Wildman–Crippen LogP) is 4.08. The molecule has 0 spiro atoms. The summed E-state index contributed by atoms with van der Waals surface area (Å²) in [6.07, 6.45) is 8.87. The quantitative estimate of drug-likeness (QED) is 0.682. The number of hydrogen-bond acceptors (Lipinski definition) is 3. The highest BCUT2D eigenvalue weighted by molar-refractivity contribution is 5.15. The Kier molecular flexibility index (Phi) is 4.13. The smallest absolute Gasteiger partial charge is 0.0200 e. The van der Waals surface area contributed by atoms with Crippen LogP contribution < -0.4 is 0 Å². The molecule has 0 N–H and O–H groups in total. The predicted molar refractivity (Wildman–Crippen MR) is 115 cm³/mol. The SMILES string of the molecule is CC(CC1CN(C(C)(C)C2CC3CCC2N3C(C)C)C2CC12)N1CC2CC2C1. The Morgan fingerprint density at radius 3 is 2.32 bits per heavy atom. The van der Waals surface area contributed by atoms with Crippen molar-refractivity contribution in [1.82, 2.24) is 14.7 Å². The first-order valence-electron chi connectivity index (χ1n) is 12.6. The van der Waals surface area contributed by atoms with Gasteiger partial charge in [-0.3, -0.25) is 9.80 Å². The van der Waals surface area contributed by atoms with E-state index in [1.54, 1.807) is 0 Å². The van der Waals surface area contributed by atoms with E-state index in [9.17, 15) is 0 Å². The fourth-order valence-corrected chi connectivity index (χ4v) is 8.69. The van der Waals surface area contributed by atoms with Crippen LogP contribution >= 0.6 is 0 Å². The minimum atomic E-state index is 0.389. The molecule has 9 atom stereocenters. The molecule has 0 aromatic rings. The van der Waals surface area contributed by atoms with Gasteiger partial charge in [0.05, 0.1) is 0 Å². The highest BCUT2D eigenvalue weighted by atomic mass is 15.3. The molecule has 2 aliphatic carbocycles. The molecule has 4 heterocycles. The highest BCUT2D eigenvalue weighted by Crippen LogP contribution is 2.57. The molecule has 6 fully saturated rings. The van der Waals surface area contributed by atoms with E-state index in [2.05, 4.69) is 49.3 Å². The van der Waals surface area contributed by atoms with Crippen molar-refractivity contribution < 1.29 is 0 Å². The number of rotatable bonds is 6. The van der Waals surface area contributed by atoms with Crippen molar-refractivity contribution in [2.45, 2.75) is 109 Å². The molecule has 6 rings (SSSR count). The van der Waals surface area contributed by atoms with Crippen LogP contribution in [0.1, 0.15) is 73.1 Å². The van der Waals surface area contributed by atoms with E-state index in [-0.39, 0.29) is 0 Å². The summed E-state index contributed by atoms with van der Waals surface area (Å²) in [4.78, 5) is 8.74. The van der Waals surface area contributed by atoms with Gasteiger partial charge in [0.15, 0.2) is 0 Å². The third-order valence-electron chi connectivity index (χ3n) is 10.4. The van der Waals surface area contributed by atoms with Crippen molar-refractivity contribution >= 4 is 0 Å². The van der Waals surface area contributed by atoms with Crippen LogP contribution in [0, 0.1) is 29.6 Å². The van der Waals surface area contributed by atoms with E-state index in [0.717, 1.165) is 59.8 Å². The number of piperidine rings is 2. The maximum absolute atomic E-state index is 3.01. The lowest BCUT2D eigenvalue weighted by atomic mass is 9.75. The van der Waals surface area contributed by atoms with Crippen LogP contribution in [-0.4, -0.2) is 70.1 Å². The number of fused-ring (bicyclic) bond motifs is 4. The number of hydrogen-bond donors (Lipinski definition) is 0. The Labute approximate surface area is 173 Å². The Morgan fingerprint density at radius 1 is 0.893 bits per heavy atom. The third-order valence-corrected chi connectivity index (χ3v) is 10.4. The minimum absolute atomic E-state index is 0.389. The molecular formula is C25H43N3. The zero-order valence-corrected chi connectivity index (χ0v) is 19.0. The van der Waals surface area contributed by atoms with Gasteiger partial charge in [-0.2, -0.15) is 0 Å². The topological polar surface area (TPSA) is 9.72 Å². The summed E-state index contributed by atoms with van der Waals surface area (Å²) >= 11 is 0. The van der Waals surface area contributed by atoms with E-state index in [1.807, 2.05) is 0 Å². The average Bonchev–Trinajstić information content (AvgIpc) is 3.36. The monoisotopic (exact) mass is 385 g/mol. The summed E-state index contributed by atoms with van der Waals surface area (Å²) in [5, 5.41) is 0. The Bertz CT molecular complexity index is 619. The standard InChI is InChI=1S/C25H43N3/c1-15(2)28-20-6-7-23(28)22(10-20)25(4,5)27-14-19(21-11-24(21)27)8-16(3)26-12-17-9-18(17)13-26/h15-24H,6-14H2,1-5H3. The maximum Gasteiger partial charge on any atom is 0.0200 e. The fraction of sp³-hybridized carbons (Fsp3) is 1.00. The van der Waals surface area contributed by atoms with Gasteiger partial charge in [0.2, 0.25) is 0 Å². The van der Waals surface area contributed by atoms with E-state index in [4.69, 9.17) is 0 Å². The van der Waals surface area contributed by atoms with Gasteiger partial charge in [-0.25, -0.2) is 0 Å². The first-order valence-corrected chi connectivity index (χ1v) is 12.6. The molecule has 28 heavy (non-hydrogen) atoms. The largest absolute Gasteiger partial charge is 0.300 e. The molecule has 4 aliphatic heterocycles. The Morgan fingerprint density at radius 2 is 1.64 bits per heavy atom. The maximum atomic E-state index is 3.01. The van der Waals surface area contributed by atoms with E-state index < -0.39 is 0 Å². The summed E-state index contributed by atoms with van der Waals surface area (Å²) in [7, 11) is 0. The van der Waals surface area contributed by atoms with Crippen molar-refractivity contribution in [3.8, 4) is 0 Å². The average molecular weight is 386 g/mol. The second-order valence-electron chi connectivity index (χ2n) is 12.5. The number of likely N-dealkylation sites (tertiary alicyclic amines) is 2. The van der Waals surface area contributed by atoms with Crippen molar-refractivity contribution in [3.63, 3.8) is 0 Å². The molecule has 6 aliphatic rings. The van der Waals surface area contributed by atoms with Gasteiger partial charge in [-0.15, -0.1) is 0 Å². The molecule has 2 bridgehead atoms. The van der Waals surface area contributed by atoms with Gasteiger partial charge >= 0.3 is 0 Å². The zero-order valence-electron chi connectivity index (χ0n) is 19.0. The summed E-state index contributed by atoms with van der Waals surface area (Å²) in [6, 6.07) is 4.20. The third kappa shape index (κ3) is 2.71. The second-order valence-corrected chi connectivity index (χ2v) is 12.5. The molecule has 3 heteroatoms. The van der Waals surface area contributed by atoms with Crippen molar-refractivity contribution in [2.24, 2.45) is 29.6 Å². The summed E-state index contributed by atoms with van der Waals surface area (Å²) in [5.41, 5.74) is 0.389. The van der Waals surface area contributed by atoms with Crippen molar-refractivity contribution in [3.05, 3.63) is 0 Å². The summed E-state index contributed by atoms with van der Waals surface area (Å²) in [6.45, 7) is 16.8. The molecular weight excluding hydrogens is 342 g/mol. The molecule has 0 aromatic heterocycles. The Balaban J connectivity index is 1.12. The van der Waals surface area contributed by atoms with Crippen molar-refractivity contribution in [2.75, 3.05) is 19.6 Å². The lowest BCUT2D eigenvalue weighted by molar-refractivity contribution is 0.0378. The first kappa shape index (κ1) is 18.6. The van der Waals surface area contributed by atoms with Gasteiger partial charge in [-0.1, -0.05) is 0 Å². The van der Waals surface area contributed by atoms with Crippen LogP contribution in [0.4, 0.5) is 0 Å². The molecule has 9 unspecified atom stereocenters. The fourth-order valence-electron chi connectivity index (χ4n) is 8.69. The zero-order chi connectivity index (χ0) is 19.4. The van der Waals surface area contributed by atoms with Crippen LogP contribution in [-0.2, 0) is 0 Å². The van der Waals surface area contributed by atoms with Gasteiger partial charge in [0.25, 0.3) is 0 Å². The normalized spacial score (nSPS) is 49.1. The minimum Gasteiger partial charge on any atom is -0.300 e. The summed E-state index contributed by atoms with van der Waals surface area (Å²) in [5.74, 6) is 5.04. The molecule has 4 saturated heterocycles. The van der Waals surface area contributed by atoms with Gasteiger partial charge in [0.1, 0.15) is 0 Å². The van der Waals surface area contributed by atoms with Crippen LogP contribution in [0.2, 0.25) is 0 Å². The second kappa shape index (κ2) is 6.20. The van der Waals surface area contributed by atoms with Crippen LogP contribution in [0.25, 0.3) is 0 Å². The molecule has 0 amide bonds. The van der Waals surface area contributed by atoms with Crippen LogP contribution in [0.5, 0.6) is 0 Å². The molecule has 158 valence electrons. The lowest BCUT2D eigenvalue weighted by Gasteiger charge is -2.46. The Hall–Kier alpha value is -0.120. The highest BCUT2D eigenvalue weighted by Gasteiger charge is 2.61. The van der Waals surface area contributed by atoms with Gasteiger partial charge in [-0.05, 0) is 103 Å². The van der Waals surface area contributed by atoms with E-state index in [1.165, 1.54) is 58.2 Å².